The van der Waals surface area contributed by atoms with Crippen molar-refractivity contribution in [1.29, 1.82) is 0 Å². The Morgan fingerprint density at radius 2 is 2.06 bits per heavy atom. The largest absolute Gasteiger partial charge is 0.509 e. The Morgan fingerprint density at radius 1 is 1.31 bits per heavy atom. The van der Waals surface area contributed by atoms with Crippen molar-refractivity contribution in [2.45, 2.75) is 37.3 Å². The van der Waals surface area contributed by atoms with Crippen LogP contribution in [0, 0.1) is 0 Å². The van der Waals surface area contributed by atoms with Crippen molar-refractivity contribution >= 4 is 17.9 Å². The minimum atomic E-state index is -0.668. The van der Waals surface area contributed by atoms with Gasteiger partial charge in [-0.3, -0.25) is 4.98 Å². The van der Waals surface area contributed by atoms with Gasteiger partial charge in [0.15, 0.2) is 5.44 Å². The molecule has 0 spiro atoms. The molecule has 0 radical (unpaired) electrons. The summed E-state index contributed by atoms with van der Waals surface area (Å²) in [6.07, 6.45) is 3.93. The van der Waals surface area contributed by atoms with E-state index in [1.807, 2.05) is 0 Å². The molecule has 0 saturated carbocycles. The smallest absolute Gasteiger partial charge is 0.432 e. The highest BCUT2D eigenvalue weighted by Crippen LogP contribution is 2.20. The van der Waals surface area contributed by atoms with E-state index in [4.69, 9.17) is 9.47 Å². The second kappa shape index (κ2) is 6.32. The van der Waals surface area contributed by atoms with Crippen molar-refractivity contribution in [3.63, 3.8) is 0 Å². The molecule has 0 saturated heterocycles. The van der Waals surface area contributed by atoms with E-state index in [1.54, 1.807) is 39.4 Å². The number of ether oxygens (including phenoxy) is 2. The Balaban J connectivity index is 2.36. The first-order valence-corrected chi connectivity index (χ1v) is 5.76. The lowest BCUT2D eigenvalue weighted by Crippen LogP contribution is -2.17. The molecule has 0 amide bonds. The molecule has 0 aromatic carbocycles. The third kappa shape index (κ3) is 4.97. The molecule has 6 heteroatoms. The highest BCUT2D eigenvalue weighted by molar-refractivity contribution is 7.99. The fraction of sp³-hybridized carbons (Fsp3) is 0.500. The van der Waals surface area contributed by atoms with Crippen LogP contribution in [0.15, 0.2) is 23.6 Å². The molecule has 16 heavy (non-hydrogen) atoms. The van der Waals surface area contributed by atoms with Crippen molar-refractivity contribution < 1.29 is 14.3 Å². The number of rotatable bonds is 4. The van der Waals surface area contributed by atoms with E-state index in [1.165, 1.54) is 11.8 Å². The molecule has 0 aliphatic rings. The van der Waals surface area contributed by atoms with Crippen LogP contribution in [-0.2, 0) is 9.47 Å². The number of hydrogen-bond acceptors (Lipinski definition) is 6. The zero-order chi connectivity index (χ0) is 12.0. The highest BCUT2D eigenvalue weighted by Gasteiger charge is 2.13. The van der Waals surface area contributed by atoms with Crippen molar-refractivity contribution in [1.82, 2.24) is 9.97 Å². The molecule has 88 valence electrons. The lowest BCUT2D eigenvalue weighted by atomic mass is 10.5. The zero-order valence-electron chi connectivity index (χ0n) is 9.41. The Kier molecular flexibility index (Phi) is 5.04. The number of carbonyl (C=O) groups excluding carboxylic acids is 1. The number of aromatic nitrogens is 2. The van der Waals surface area contributed by atoms with E-state index in [0.717, 1.165) is 0 Å². The average Bonchev–Trinajstić information content (AvgIpc) is 2.17. The minimum Gasteiger partial charge on any atom is -0.432 e. The first-order valence-electron chi connectivity index (χ1n) is 4.88. The first-order chi connectivity index (χ1) is 7.58. The lowest BCUT2D eigenvalue weighted by molar-refractivity contribution is 0.0311. The fourth-order valence-corrected chi connectivity index (χ4v) is 1.61. The monoisotopic (exact) mass is 242 g/mol. The summed E-state index contributed by atoms with van der Waals surface area (Å²) in [5.74, 6) is 0. The Labute approximate surface area is 98.6 Å². The fourth-order valence-electron chi connectivity index (χ4n) is 0.896. The molecule has 1 heterocycles. The van der Waals surface area contributed by atoms with Gasteiger partial charge in [0.1, 0.15) is 5.03 Å². The van der Waals surface area contributed by atoms with Gasteiger partial charge in [0.05, 0.1) is 12.3 Å². The van der Waals surface area contributed by atoms with E-state index in [2.05, 4.69) is 9.97 Å². The maximum atomic E-state index is 11.2. The topological polar surface area (TPSA) is 61.3 Å². The Morgan fingerprint density at radius 3 is 2.62 bits per heavy atom. The Hall–Kier alpha value is -1.30. The molecule has 0 N–H and O–H groups in total. The predicted molar refractivity (Wildman–Crippen MR) is 60.1 cm³/mol. The summed E-state index contributed by atoms with van der Waals surface area (Å²) in [6, 6.07) is 0. The van der Waals surface area contributed by atoms with Crippen LogP contribution in [0.4, 0.5) is 4.79 Å². The van der Waals surface area contributed by atoms with Crippen molar-refractivity contribution in [3.8, 4) is 0 Å². The van der Waals surface area contributed by atoms with Crippen molar-refractivity contribution in [2.24, 2.45) is 0 Å². The summed E-state index contributed by atoms with van der Waals surface area (Å²) in [5.41, 5.74) is -0.358. The van der Waals surface area contributed by atoms with Crippen LogP contribution in [0.2, 0.25) is 0 Å². The van der Waals surface area contributed by atoms with Crippen LogP contribution in [0.3, 0.4) is 0 Å². The zero-order valence-corrected chi connectivity index (χ0v) is 10.2. The van der Waals surface area contributed by atoms with Gasteiger partial charge in [-0.25, -0.2) is 9.78 Å². The summed E-state index contributed by atoms with van der Waals surface area (Å²) >= 11 is 1.30. The maximum Gasteiger partial charge on any atom is 0.509 e. The molecule has 1 aromatic rings. The van der Waals surface area contributed by atoms with Gasteiger partial charge in [0.25, 0.3) is 0 Å². The van der Waals surface area contributed by atoms with Gasteiger partial charge in [0, 0.05) is 12.4 Å². The van der Waals surface area contributed by atoms with Crippen LogP contribution in [0.25, 0.3) is 0 Å². The van der Waals surface area contributed by atoms with Gasteiger partial charge in [-0.1, -0.05) is 11.8 Å². The second-order valence-corrected chi connectivity index (χ2v) is 4.58. The molecular weight excluding hydrogens is 228 g/mol. The average molecular weight is 242 g/mol. The van der Waals surface area contributed by atoms with Gasteiger partial charge >= 0.3 is 6.16 Å². The molecule has 0 bridgehead atoms. The van der Waals surface area contributed by atoms with Crippen molar-refractivity contribution in [3.05, 3.63) is 18.6 Å². The van der Waals surface area contributed by atoms with E-state index >= 15 is 0 Å². The SMILES string of the molecule is CC(C)OC(=O)O[C@@H](C)Sc1cnccn1. The number of carbonyl (C=O) groups is 1. The molecule has 5 nitrogen and oxygen atoms in total. The molecule has 0 fully saturated rings. The molecule has 1 aromatic heterocycles. The molecule has 0 aliphatic carbocycles. The van der Waals surface area contributed by atoms with Gasteiger partial charge in [0.2, 0.25) is 0 Å². The highest BCUT2D eigenvalue weighted by atomic mass is 32.2. The maximum absolute atomic E-state index is 11.2. The molecule has 1 atom stereocenters. The molecular formula is C10H14N2O3S. The molecule has 0 aliphatic heterocycles. The van der Waals surface area contributed by atoms with Gasteiger partial charge in [-0.15, -0.1) is 0 Å². The molecule has 1 rings (SSSR count). The minimum absolute atomic E-state index is 0.179. The van der Waals surface area contributed by atoms with Crippen LogP contribution < -0.4 is 0 Å². The summed E-state index contributed by atoms with van der Waals surface area (Å²) in [4.78, 5) is 19.1. The summed E-state index contributed by atoms with van der Waals surface area (Å²) in [6.45, 7) is 5.28. The van der Waals surface area contributed by atoms with E-state index in [0.29, 0.717) is 5.03 Å². The quantitative estimate of drug-likeness (QED) is 0.459. The van der Waals surface area contributed by atoms with E-state index in [9.17, 15) is 4.79 Å². The van der Waals surface area contributed by atoms with Crippen molar-refractivity contribution in [2.75, 3.05) is 0 Å². The number of thioether (sulfide) groups is 1. The van der Waals surface area contributed by atoms with Gasteiger partial charge in [-0.05, 0) is 20.8 Å². The summed E-state index contributed by atoms with van der Waals surface area (Å²) in [7, 11) is 0. The van der Waals surface area contributed by atoms with E-state index < -0.39 is 6.16 Å². The van der Waals surface area contributed by atoms with Crippen LogP contribution in [-0.4, -0.2) is 27.7 Å². The third-order valence-electron chi connectivity index (χ3n) is 1.42. The molecule has 0 unspecified atom stereocenters. The standard InChI is InChI=1S/C10H14N2O3S/c1-7(2)14-10(13)15-8(3)16-9-6-11-4-5-12-9/h4-8H,1-3H3/t8-/m1/s1. The predicted octanol–water partition coefficient (Wildman–Crippen LogP) is 2.48. The van der Waals surface area contributed by atoms with Gasteiger partial charge in [-0.2, -0.15) is 0 Å². The second-order valence-electron chi connectivity index (χ2n) is 3.26. The number of nitrogens with zero attached hydrogens (tertiary/aromatic N) is 2. The number of hydrogen-bond donors (Lipinski definition) is 0. The lowest BCUT2D eigenvalue weighted by Gasteiger charge is -2.13. The van der Waals surface area contributed by atoms with Crippen LogP contribution in [0.5, 0.6) is 0 Å². The third-order valence-corrected chi connectivity index (χ3v) is 2.30. The summed E-state index contributed by atoms with van der Waals surface area (Å²) in [5, 5.41) is 0.701. The summed E-state index contributed by atoms with van der Waals surface area (Å²) < 4.78 is 9.85. The van der Waals surface area contributed by atoms with Crippen LogP contribution in [0.1, 0.15) is 20.8 Å². The van der Waals surface area contributed by atoms with Gasteiger partial charge < -0.3 is 9.47 Å². The first kappa shape index (κ1) is 12.8. The van der Waals surface area contributed by atoms with Crippen LogP contribution >= 0.6 is 11.8 Å². The normalized spacial score (nSPS) is 12.2. The Bertz CT molecular complexity index is 332. The van der Waals surface area contributed by atoms with E-state index in [-0.39, 0.29) is 11.5 Å².